The van der Waals surface area contributed by atoms with Gasteiger partial charge in [0.1, 0.15) is 5.75 Å². The molecule has 0 bridgehead atoms. The van der Waals surface area contributed by atoms with Gasteiger partial charge in [0.2, 0.25) is 0 Å². The zero-order valence-electron chi connectivity index (χ0n) is 16.7. The van der Waals surface area contributed by atoms with Crippen LogP contribution in [0.25, 0.3) is 0 Å². The molecule has 1 atom stereocenters. The summed E-state index contributed by atoms with van der Waals surface area (Å²) in [6.07, 6.45) is 4.48. The minimum Gasteiger partial charge on any atom is -0.496 e. The van der Waals surface area contributed by atoms with Crippen molar-refractivity contribution in [1.82, 2.24) is 9.03 Å². The van der Waals surface area contributed by atoms with Crippen LogP contribution in [0.5, 0.6) is 5.75 Å². The third-order valence-electron chi connectivity index (χ3n) is 6.02. The van der Waals surface area contributed by atoms with Crippen molar-refractivity contribution < 1.29 is 17.9 Å². The molecule has 0 spiro atoms. The van der Waals surface area contributed by atoms with Crippen LogP contribution in [0, 0.1) is 6.92 Å². The van der Waals surface area contributed by atoms with Crippen molar-refractivity contribution in [2.24, 2.45) is 0 Å². The molecule has 0 aliphatic carbocycles. The highest BCUT2D eigenvalue weighted by molar-refractivity contribution is 7.87. The highest BCUT2D eigenvalue weighted by Crippen LogP contribution is 2.40. The van der Waals surface area contributed by atoms with Gasteiger partial charge in [0.05, 0.1) is 7.11 Å². The van der Waals surface area contributed by atoms with Crippen molar-refractivity contribution >= 4 is 10.2 Å². The number of piperidine rings is 1. The van der Waals surface area contributed by atoms with Gasteiger partial charge < -0.3 is 9.47 Å². The van der Waals surface area contributed by atoms with Crippen molar-refractivity contribution in [2.45, 2.75) is 57.4 Å². The summed E-state index contributed by atoms with van der Waals surface area (Å²) < 4.78 is 41.7. The van der Waals surface area contributed by atoms with Gasteiger partial charge in [0.25, 0.3) is 10.2 Å². The summed E-state index contributed by atoms with van der Waals surface area (Å²) in [5.41, 5.74) is 1.90. The molecule has 1 aromatic rings. The van der Waals surface area contributed by atoms with Gasteiger partial charge in [0, 0.05) is 43.3 Å². The molecule has 2 aliphatic heterocycles. The number of rotatable bonds is 6. The van der Waals surface area contributed by atoms with E-state index in [1.54, 1.807) is 11.4 Å². The summed E-state index contributed by atoms with van der Waals surface area (Å²) in [5.74, 6) is 0.813. The first kappa shape index (κ1) is 20.6. The van der Waals surface area contributed by atoms with Crippen LogP contribution in [0.3, 0.4) is 0 Å². The SMILES string of the molecule is COc1ccc(C)cc1C1(CNS(=O)(=O)N2CCCC[C@H]2C)CCOCC1. The fraction of sp³-hybridized carbons (Fsp3) is 0.700. The Morgan fingerprint density at radius 3 is 2.70 bits per heavy atom. The van der Waals surface area contributed by atoms with Gasteiger partial charge in [0.15, 0.2) is 0 Å². The lowest BCUT2D eigenvalue weighted by atomic mass is 9.73. The van der Waals surface area contributed by atoms with E-state index in [9.17, 15) is 8.42 Å². The van der Waals surface area contributed by atoms with E-state index >= 15 is 0 Å². The van der Waals surface area contributed by atoms with E-state index in [-0.39, 0.29) is 11.5 Å². The molecule has 2 aliphatic rings. The number of methoxy groups -OCH3 is 1. The van der Waals surface area contributed by atoms with Gasteiger partial charge in [-0.25, -0.2) is 4.72 Å². The van der Waals surface area contributed by atoms with Gasteiger partial charge >= 0.3 is 0 Å². The molecular weight excluding hydrogens is 364 g/mol. The molecule has 0 amide bonds. The van der Waals surface area contributed by atoms with E-state index in [0.29, 0.717) is 26.3 Å². The van der Waals surface area contributed by atoms with Crippen LogP contribution in [0.2, 0.25) is 0 Å². The minimum absolute atomic E-state index is 0.0513. The molecule has 0 radical (unpaired) electrons. The molecule has 1 N–H and O–H groups in total. The lowest BCUT2D eigenvalue weighted by Crippen LogP contribution is -2.52. The van der Waals surface area contributed by atoms with Crippen molar-refractivity contribution in [3.8, 4) is 5.75 Å². The largest absolute Gasteiger partial charge is 0.496 e. The molecule has 0 unspecified atom stereocenters. The predicted octanol–water partition coefficient (Wildman–Crippen LogP) is 2.76. The van der Waals surface area contributed by atoms with E-state index in [2.05, 4.69) is 17.7 Å². The second kappa shape index (κ2) is 8.47. The van der Waals surface area contributed by atoms with E-state index in [4.69, 9.17) is 9.47 Å². The average Bonchev–Trinajstić information content (AvgIpc) is 2.67. The first-order valence-corrected chi connectivity index (χ1v) is 11.3. The summed E-state index contributed by atoms with van der Waals surface area (Å²) in [5, 5.41) is 0. The second-order valence-corrected chi connectivity index (χ2v) is 9.59. The summed E-state index contributed by atoms with van der Waals surface area (Å²) in [6.45, 7) is 6.25. The molecule has 152 valence electrons. The zero-order valence-corrected chi connectivity index (χ0v) is 17.5. The van der Waals surface area contributed by atoms with Crippen molar-refractivity contribution in [3.63, 3.8) is 0 Å². The molecular formula is C20H32N2O4S. The molecule has 6 nitrogen and oxygen atoms in total. The number of nitrogens with one attached hydrogen (secondary N) is 1. The zero-order chi connectivity index (χ0) is 19.5. The summed E-state index contributed by atoms with van der Waals surface area (Å²) in [7, 11) is -1.84. The monoisotopic (exact) mass is 396 g/mol. The van der Waals surface area contributed by atoms with Crippen molar-refractivity contribution in [3.05, 3.63) is 29.3 Å². The number of aryl methyl sites for hydroxylation is 1. The molecule has 3 rings (SSSR count). The van der Waals surface area contributed by atoms with Crippen molar-refractivity contribution in [2.75, 3.05) is 33.4 Å². The van der Waals surface area contributed by atoms with Crippen LogP contribution in [-0.4, -0.2) is 52.2 Å². The fourth-order valence-electron chi connectivity index (χ4n) is 4.28. The Bertz CT molecular complexity index is 744. The van der Waals surface area contributed by atoms with Crippen LogP contribution in [0.4, 0.5) is 0 Å². The molecule has 7 heteroatoms. The number of hydrogen-bond acceptors (Lipinski definition) is 4. The third kappa shape index (κ3) is 4.47. The second-order valence-electron chi connectivity index (χ2n) is 7.88. The molecule has 2 saturated heterocycles. The minimum atomic E-state index is -3.51. The smallest absolute Gasteiger partial charge is 0.279 e. The highest BCUT2D eigenvalue weighted by Gasteiger charge is 2.39. The standard InChI is InChI=1S/C20H32N2O4S/c1-16-7-8-19(25-3)18(14-16)20(9-12-26-13-10-20)15-21-27(23,24)22-11-5-4-6-17(22)2/h7-8,14,17,21H,4-6,9-13,15H2,1-3H3/t17-/m1/s1. The number of ether oxygens (including phenoxy) is 2. The van der Waals surface area contributed by atoms with E-state index < -0.39 is 10.2 Å². The molecule has 27 heavy (non-hydrogen) atoms. The Hall–Kier alpha value is -1.15. The van der Waals surface area contributed by atoms with Gasteiger partial charge in [-0.1, -0.05) is 24.1 Å². The normalized spacial score (nSPS) is 23.9. The Kier molecular flexibility index (Phi) is 6.46. The Morgan fingerprint density at radius 1 is 1.30 bits per heavy atom. The van der Waals surface area contributed by atoms with Gasteiger partial charge in [-0.05, 0) is 45.6 Å². The first-order valence-electron chi connectivity index (χ1n) is 9.87. The first-order chi connectivity index (χ1) is 12.9. The third-order valence-corrected chi connectivity index (χ3v) is 7.69. The van der Waals surface area contributed by atoms with Crippen LogP contribution in [-0.2, 0) is 20.4 Å². The lowest BCUT2D eigenvalue weighted by molar-refractivity contribution is 0.0506. The highest BCUT2D eigenvalue weighted by atomic mass is 32.2. The van der Waals surface area contributed by atoms with Gasteiger partial charge in [-0.3, -0.25) is 0 Å². The maximum absolute atomic E-state index is 13.0. The van der Waals surface area contributed by atoms with E-state index in [0.717, 1.165) is 49.0 Å². The molecule has 0 aromatic heterocycles. The van der Waals surface area contributed by atoms with Crippen LogP contribution in [0.15, 0.2) is 18.2 Å². The number of hydrogen-bond donors (Lipinski definition) is 1. The summed E-state index contributed by atoms with van der Waals surface area (Å²) >= 11 is 0. The van der Waals surface area contributed by atoms with Gasteiger partial charge in [-0.2, -0.15) is 12.7 Å². The van der Waals surface area contributed by atoms with Crippen molar-refractivity contribution in [1.29, 1.82) is 0 Å². The lowest BCUT2D eigenvalue weighted by Gasteiger charge is -2.40. The number of benzene rings is 1. The topological polar surface area (TPSA) is 67.9 Å². The molecule has 2 heterocycles. The van der Waals surface area contributed by atoms with Crippen LogP contribution in [0.1, 0.15) is 50.2 Å². The van der Waals surface area contributed by atoms with Crippen LogP contribution >= 0.6 is 0 Å². The quantitative estimate of drug-likeness (QED) is 0.803. The maximum Gasteiger partial charge on any atom is 0.279 e. The number of nitrogens with zero attached hydrogens (tertiary/aromatic N) is 1. The summed E-state index contributed by atoms with van der Waals surface area (Å²) in [6, 6.07) is 6.18. The Labute approximate surface area is 163 Å². The Balaban J connectivity index is 1.87. The fourth-order valence-corrected chi connectivity index (χ4v) is 5.85. The predicted molar refractivity (Wildman–Crippen MR) is 106 cm³/mol. The Morgan fingerprint density at radius 2 is 2.04 bits per heavy atom. The summed E-state index contributed by atoms with van der Waals surface area (Å²) in [4.78, 5) is 0. The molecule has 1 aromatic carbocycles. The van der Waals surface area contributed by atoms with Crippen LogP contribution < -0.4 is 9.46 Å². The average molecular weight is 397 g/mol. The molecule has 2 fully saturated rings. The molecule has 0 saturated carbocycles. The van der Waals surface area contributed by atoms with E-state index in [1.165, 1.54) is 0 Å². The van der Waals surface area contributed by atoms with E-state index in [1.807, 2.05) is 19.1 Å². The van der Waals surface area contributed by atoms with Gasteiger partial charge in [-0.15, -0.1) is 0 Å². The maximum atomic E-state index is 13.0.